The van der Waals surface area contributed by atoms with Gasteiger partial charge in [-0.25, -0.2) is 0 Å². The number of Topliss-reactive ketones (excluding diaryl/α,β-unsaturated/α-hetero) is 1. The summed E-state index contributed by atoms with van der Waals surface area (Å²) in [6.07, 6.45) is 0. The molecule has 0 bridgehead atoms. The number of carbonyl (C=O) groups excluding carboxylic acids is 1. The van der Waals surface area contributed by atoms with Crippen LogP contribution >= 0.6 is 11.6 Å². The summed E-state index contributed by atoms with van der Waals surface area (Å²) in [5.74, 6) is 0.714. The Kier molecular flexibility index (Phi) is 3.94. The van der Waals surface area contributed by atoms with Crippen LogP contribution in [0.3, 0.4) is 0 Å². The topological polar surface area (TPSA) is 59.2 Å². The first-order valence-corrected chi connectivity index (χ1v) is 7.20. The van der Waals surface area contributed by atoms with Gasteiger partial charge in [-0.05, 0) is 30.3 Å². The van der Waals surface area contributed by atoms with Gasteiger partial charge in [-0.1, -0.05) is 18.2 Å². The van der Waals surface area contributed by atoms with Gasteiger partial charge in [-0.2, -0.15) is 0 Å². The number of aromatic nitrogens is 1. The summed E-state index contributed by atoms with van der Waals surface area (Å²) in [5.41, 5.74) is 0.754. The van der Waals surface area contributed by atoms with Crippen molar-refractivity contribution in [3.05, 3.63) is 70.5 Å². The number of hydrogen-bond donors (Lipinski definition) is 1. The largest absolute Gasteiger partial charge is 0.455 e. The molecule has 0 fully saturated rings. The van der Waals surface area contributed by atoms with E-state index in [2.05, 4.69) is 4.98 Å². The number of rotatable bonds is 4. The van der Waals surface area contributed by atoms with Crippen LogP contribution in [0.5, 0.6) is 11.5 Å². The van der Waals surface area contributed by atoms with E-state index in [0.717, 1.165) is 0 Å². The molecule has 0 saturated heterocycles. The van der Waals surface area contributed by atoms with Crippen molar-refractivity contribution in [1.82, 2.24) is 4.98 Å². The van der Waals surface area contributed by atoms with E-state index in [9.17, 15) is 9.59 Å². The second-order valence-electron chi connectivity index (χ2n) is 4.73. The van der Waals surface area contributed by atoms with Gasteiger partial charge in [0.15, 0.2) is 11.5 Å². The molecule has 0 saturated carbocycles. The van der Waals surface area contributed by atoms with Gasteiger partial charge in [-0.3, -0.25) is 9.59 Å². The van der Waals surface area contributed by atoms with Gasteiger partial charge < -0.3 is 9.72 Å². The van der Waals surface area contributed by atoms with E-state index in [1.54, 1.807) is 30.3 Å². The van der Waals surface area contributed by atoms with Crippen LogP contribution in [-0.2, 0) is 0 Å². The molecule has 0 radical (unpaired) electrons. The van der Waals surface area contributed by atoms with Crippen molar-refractivity contribution in [3.8, 4) is 11.5 Å². The van der Waals surface area contributed by atoms with Gasteiger partial charge in [0, 0.05) is 17.0 Å². The zero-order chi connectivity index (χ0) is 15.5. The predicted octanol–water partition coefficient (Wildman–Crippen LogP) is 3.74. The van der Waals surface area contributed by atoms with Gasteiger partial charge in [0.1, 0.15) is 5.75 Å². The molecule has 3 rings (SSSR count). The third kappa shape index (κ3) is 2.87. The number of carbonyl (C=O) groups is 1. The smallest absolute Gasteiger partial charge is 0.248 e. The molecule has 110 valence electrons. The highest BCUT2D eigenvalue weighted by molar-refractivity contribution is 6.30. The van der Waals surface area contributed by atoms with E-state index in [4.69, 9.17) is 16.3 Å². The van der Waals surface area contributed by atoms with Crippen molar-refractivity contribution in [2.24, 2.45) is 0 Å². The lowest BCUT2D eigenvalue weighted by Gasteiger charge is -2.10. The Morgan fingerprint density at radius 1 is 1.09 bits per heavy atom. The molecule has 0 aliphatic heterocycles. The Balaban J connectivity index is 2.18. The minimum Gasteiger partial charge on any atom is -0.455 e. The van der Waals surface area contributed by atoms with Gasteiger partial charge >= 0.3 is 0 Å². The highest BCUT2D eigenvalue weighted by Crippen LogP contribution is 2.29. The first-order valence-electron chi connectivity index (χ1n) is 6.66. The van der Waals surface area contributed by atoms with E-state index in [0.29, 0.717) is 28.0 Å². The van der Waals surface area contributed by atoms with Crippen molar-refractivity contribution >= 4 is 28.3 Å². The normalized spacial score (nSPS) is 10.6. The summed E-state index contributed by atoms with van der Waals surface area (Å²) >= 11 is 5.63. The maximum Gasteiger partial charge on any atom is 0.248 e. The molecule has 1 heterocycles. The van der Waals surface area contributed by atoms with Gasteiger partial charge in [0.2, 0.25) is 5.56 Å². The molecule has 2 aromatic carbocycles. The molecule has 1 N–H and O–H groups in total. The van der Waals surface area contributed by atoms with E-state index < -0.39 is 0 Å². The number of ketones is 1. The number of ether oxygens (including phenoxy) is 1. The van der Waals surface area contributed by atoms with Crippen LogP contribution in [0.15, 0.2) is 59.4 Å². The summed E-state index contributed by atoms with van der Waals surface area (Å²) in [4.78, 5) is 26.2. The van der Waals surface area contributed by atoms with Crippen LogP contribution in [-0.4, -0.2) is 16.6 Å². The first kappa shape index (κ1) is 14.4. The van der Waals surface area contributed by atoms with Crippen molar-refractivity contribution < 1.29 is 9.53 Å². The number of aromatic amines is 1. The minimum absolute atomic E-state index is 0.111. The molecule has 3 aromatic rings. The van der Waals surface area contributed by atoms with E-state index in [-0.39, 0.29) is 17.2 Å². The predicted molar refractivity (Wildman–Crippen MR) is 86.1 cm³/mol. The van der Waals surface area contributed by atoms with E-state index in [1.165, 1.54) is 6.07 Å². The fourth-order valence-electron chi connectivity index (χ4n) is 2.17. The number of para-hydroxylation sites is 1. The van der Waals surface area contributed by atoms with Gasteiger partial charge in [0.05, 0.1) is 11.4 Å². The van der Waals surface area contributed by atoms with E-state index >= 15 is 0 Å². The number of pyridine rings is 1. The number of H-pyrrole nitrogens is 1. The minimum atomic E-state index is -0.234. The zero-order valence-corrected chi connectivity index (χ0v) is 12.3. The second kappa shape index (κ2) is 6.03. The summed E-state index contributed by atoms with van der Waals surface area (Å²) in [6, 6.07) is 15.5. The fourth-order valence-corrected chi connectivity index (χ4v) is 2.32. The molecule has 0 unspecified atom stereocenters. The first-order chi connectivity index (χ1) is 10.7. The highest BCUT2D eigenvalue weighted by Gasteiger charge is 2.12. The Labute approximate surface area is 131 Å². The number of nitrogens with one attached hydrogen (secondary N) is 1. The molecule has 0 amide bonds. The van der Waals surface area contributed by atoms with Crippen molar-refractivity contribution in [2.75, 3.05) is 5.88 Å². The highest BCUT2D eigenvalue weighted by atomic mass is 35.5. The van der Waals surface area contributed by atoms with Crippen molar-refractivity contribution in [3.63, 3.8) is 0 Å². The maximum atomic E-state index is 11.9. The van der Waals surface area contributed by atoms with Crippen LogP contribution < -0.4 is 10.3 Å². The Morgan fingerprint density at radius 2 is 1.86 bits per heavy atom. The quantitative estimate of drug-likeness (QED) is 0.589. The third-order valence-electron chi connectivity index (χ3n) is 3.21. The SMILES string of the molecule is O=C(CCl)c1cc(Oc2ccccc2)c2[nH]c(=O)ccc2c1. The summed E-state index contributed by atoms with van der Waals surface area (Å²) < 4.78 is 5.82. The number of alkyl halides is 1. The second-order valence-corrected chi connectivity index (χ2v) is 5.00. The molecule has 0 atom stereocenters. The lowest BCUT2D eigenvalue weighted by atomic mass is 10.1. The standard InChI is InChI=1S/C17H12ClNO3/c18-10-14(20)12-8-11-6-7-16(21)19-17(11)15(9-12)22-13-4-2-1-3-5-13/h1-9H,10H2,(H,19,21). The molecule has 4 nitrogen and oxygen atoms in total. The van der Waals surface area contributed by atoms with Crippen LogP contribution in [0.1, 0.15) is 10.4 Å². The molecule has 5 heteroatoms. The lowest BCUT2D eigenvalue weighted by molar-refractivity contribution is 0.102. The average molecular weight is 314 g/mol. The number of benzene rings is 2. The zero-order valence-electron chi connectivity index (χ0n) is 11.5. The van der Waals surface area contributed by atoms with Crippen molar-refractivity contribution in [2.45, 2.75) is 0 Å². The molecule has 0 spiro atoms. The van der Waals surface area contributed by atoms with E-state index in [1.807, 2.05) is 18.2 Å². The monoisotopic (exact) mass is 313 g/mol. The summed E-state index contributed by atoms with van der Waals surface area (Å²) in [5, 5.41) is 0.710. The summed E-state index contributed by atoms with van der Waals surface area (Å²) in [6.45, 7) is 0. The Bertz CT molecular complexity index is 887. The Morgan fingerprint density at radius 3 is 2.59 bits per heavy atom. The van der Waals surface area contributed by atoms with Gasteiger partial charge in [0.25, 0.3) is 0 Å². The molecular formula is C17H12ClNO3. The summed E-state index contributed by atoms with van der Waals surface area (Å²) in [7, 11) is 0. The molecular weight excluding hydrogens is 302 g/mol. The Hall–Kier alpha value is -2.59. The molecule has 0 aliphatic carbocycles. The average Bonchev–Trinajstić information content (AvgIpc) is 2.55. The van der Waals surface area contributed by atoms with Crippen LogP contribution in [0.4, 0.5) is 0 Å². The fraction of sp³-hybridized carbons (Fsp3) is 0.0588. The number of hydrogen-bond acceptors (Lipinski definition) is 3. The van der Waals surface area contributed by atoms with Crippen LogP contribution in [0.2, 0.25) is 0 Å². The van der Waals surface area contributed by atoms with Crippen LogP contribution in [0, 0.1) is 0 Å². The maximum absolute atomic E-state index is 11.9. The number of fused-ring (bicyclic) bond motifs is 1. The molecule has 0 aliphatic rings. The molecule has 1 aromatic heterocycles. The third-order valence-corrected chi connectivity index (χ3v) is 3.45. The van der Waals surface area contributed by atoms with Gasteiger partial charge in [-0.15, -0.1) is 11.6 Å². The van der Waals surface area contributed by atoms with Crippen molar-refractivity contribution in [1.29, 1.82) is 0 Å². The number of halogens is 1. The molecule has 22 heavy (non-hydrogen) atoms. The van der Waals surface area contributed by atoms with Crippen LogP contribution in [0.25, 0.3) is 10.9 Å². The lowest BCUT2D eigenvalue weighted by Crippen LogP contribution is -2.06.